The molecule has 0 amide bonds. The lowest BCUT2D eigenvalue weighted by Crippen LogP contribution is -2.38. The molecular formula is C16H18F2O. The molecule has 2 fully saturated rings. The molecule has 0 radical (unpaired) electrons. The van der Waals surface area contributed by atoms with Gasteiger partial charge in [-0.05, 0) is 49.7 Å². The fraction of sp³-hybridized carbons (Fsp3) is 0.562. The van der Waals surface area contributed by atoms with Crippen molar-refractivity contribution in [3.63, 3.8) is 0 Å². The summed E-state index contributed by atoms with van der Waals surface area (Å²) in [6.07, 6.45) is 6.66. The maximum Gasteiger partial charge on any atom is 0.169 e. The Morgan fingerprint density at radius 3 is 2.05 bits per heavy atom. The third kappa shape index (κ3) is 2.31. The minimum Gasteiger partial charge on any atom is -0.294 e. The zero-order valence-electron chi connectivity index (χ0n) is 10.9. The van der Waals surface area contributed by atoms with Gasteiger partial charge in [-0.25, -0.2) is 8.78 Å². The molecule has 3 rings (SSSR count). The van der Waals surface area contributed by atoms with Gasteiger partial charge in [0.15, 0.2) is 5.78 Å². The van der Waals surface area contributed by atoms with Crippen LogP contribution in [0.4, 0.5) is 8.78 Å². The van der Waals surface area contributed by atoms with E-state index in [9.17, 15) is 13.6 Å². The molecule has 1 aromatic rings. The van der Waals surface area contributed by atoms with Crippen LogP contribution in [0.3, 0.4) is 0 Å². The average molecular weight is 264 g/mol. The lowest BCUT2D eigenvalue weighted by Gasteiger charge is -2.41. The highest BCUT2D eigenvalue weighted by molar-refractivity contribution is 5.98. The molecule has 102 valence electrons. The Kier molecular flexibility index (Phi) is 3.38. The van der Waals surface area contributed by atoms with Crippen molar-refractivity contribution in [1.82, 2.24) is 0 Å². The summed E-state index contributed by atoms with van der Waals surface area (Å²) >= 11 is 0. The summed E-state index contributed by atoms with van der Waals surface area (Å²) in [5.74, 6) is -0.648. The number of carbonyl (C=O) groups excluding carboxylic acids is 1. The van der Waals surface area contributed by atoms with Gasteiger partial charge in [0.2, 0.25) is 0 Å². The molecular weight excluding hydrogens is 246 g/mol. The second-order valence-corrected chi connectivity index (χ2v) is 5.90. The fourth-order valence-electron chi connectivity index (χ4n) is 3.28. The second kappa shape index (κ2) is 5.03. The molecule has 0 N–H and O–H groups in total. The Labute approximate surface area is 112 Å². The van der Waals surface area contributed by atoms with Crippen molar-refractivity contribution in [2.24, 2.45) is 17.8 Å². The molecule has 0 unspecified atom stereocenters. The molecule has 0 spiro atoms. The zero-order valence-corrected chi connectivity index (χ0v) is 10.9. The number of rotatable bonds is 4. The predicted molar refractivity (Wildman–Crippen MR) is 68.9 cm³/mol. The molecule has 0 heterocycles. The number of Topliss-reactive ketones (excluding diaryl/α,β-unsaturated/α-hetero) is 1. The van der Waals surface area contributed by atoms with E-state index in [-0.39, 0.29) is 17.3 Å². The first-order chi connectivity index (χ1) is 9.16. The van der Waals surface area contributed by atoms with Gasteiger partial charge in [-0.1, -0.05) is 12.8 Å². The quantitative estimate of drug-likeness (QED) is 0.738. The van der Waals surface area contributed by atoms with Crippen LogP contribution in [0.25, 0.3) is 0 Å². The molecule has 0 bridgehead atoms. The Bertz CT molecular complexity index is 476. The summed E-state index contributed by atoms with van der Waals surface area (Å²) in [4.78, 5) is 12.6. The maximum atomic E-state index is 13.8. The van der Waals surface area contributed by atoms with Crippen molar-refractivity contribution >= 4 is 5.78 Å². The van der Waals surface area contributed by atoms with Crippen molar-refractivity contribution in [2.45, 2.75) is 38.5 Å². The zero-order chi connectivity index (χ0) is 13.4. The van der Waals surface area contributed by atoms with Gasteiger partial charge < -0.3 is 0 Å². The van der Waals surface area contributed by atoms with Gasteiger partial charge >= 0.3 is 0 Å². The normalized spacial score (nSPS) is 20.2. The van der Waals surface area contributed by atoms with E-state index in [1.54, 1.807) is 0 Å². The number of halogens is 2. The molecule has 0 aromatic heterocycles. The standard InChI is InChI=1S/C16H18F2O/c17-12-7-8-13(14(18)9-12)16(19)15(10-3-1-4-10)11-5-2-6-11/h7-11,15H,1-6H2. The monoisotopic (exact) mass is 264 g/mol. The SMILES string of the molecule is O=C(c1ccc(F)cc1F)C(C1CCC1)C1CCC1. The molecule has 0 saturated heterocycles. The van der Waals surface area contributed by atoms with E-state index in [4.69, 9.17) is 0 Å². The van der Waals surface area contributed by atoms with Crippen LogP contribution in [0.2, 0.25) is 0 Å². The van der Waals surface area contributed by atoms with Crippen LogP contribution in [-0.4, -0.2) is 5.78 Å². The van der Waals surface area contributed by atoms with Gasteiger partial charge in [0.1, 0.15) is 11.6 Å². The van der Waals surface area contributed by atoms with Gasteiger partial charge in [-0.2, -0.15) is 0 Å². The van der Waals surface area contributed by atoms with E-state index in [1.807, 2.05) is 0 Å². The first-order valence-electron chi connectivity index (χ1n) is 7.16. The average Bonchev–Trinajstić information content (AvgIpc) is 2.22. The molecule has 2 aliphatic rings. The van der Waals surface area contributed by atoms with Crippen molar-refractivity contribution in [1.29, 1.82) is 0 Å². The minimum absolute atomic E-state index is 0.0394. The molecule has 0 atom stereocenters. The van der Waals surface area contributed by atoms with Crippen LogP contribution >= 0.6 is 0 Å². The largest absolute Gasteiger partial charge is 0.294 e. The van der Waals surface area contributed by atoms with E-state index in [2.05, 4.69) is 0 Å². The lowest BCUT2D eigenvalue weighted by molar-refractivity contribution is 0.0574. The van der Waals surface area contributed by atoms with Crippen molar-refractivity contribution in [2.75, 3.05) is 0 Å². The number of hydrogen-bond acceptors (Lipinski definition) is 1. The molecule has 0 aliphatic heterocycles. The molecule has 2 aliphatic carbocycles. The Balaban J connectivity index is 1.86. The van der Waals surface area contributed by atoms with E-state index in [1.165, 1.54) is 25.0 Å². The third-order valence-corrected chi connectivity index (χ3v) is 4.81. The highest BCUT2D eigenvalue weighted by atomic mass is 19.1. The van der Waals surface area contributed by atoms with Gasteiger partial charge in [-0.3, -0.25) is 4.79 Å². The van der Waals surface area contributed by atoms with Crippen molar-refractivity contribution < 1.29 is 13.6 Å². The van der Waals surface area contributed by atoms with E-state index < -0.39 is 11.6 Å². The first kappa shape index (κ1) is 12.8. The van der Waals surface area contributed by atoms with Gasteiger partial charge in [-0.15, -0.1) is 0 Å². The number of carbonyl (C=O) groups is 1. The smallest absolute Gasteiger partial charge is 0.169 e. The first-order valence-corrected chi connectivity index (χ1v) is 7.16. The van der Waals surface area contributed by atoms with Gasteiger partial charge in [0, 0.05) is 12.0 Å². The number of hydrogen-bond donors (Lipinski definition) is 0. The fourth-order valence-corrected chi connectivity index (χ4v) is 3.28. The Hall–Kier alpha value is -1.25. The number of ketones is 1. The number of benzene rings is 1. The summed E-state index contributed by atoms with van der Waals surface area (Å²) in [7, 11) is 0. The van der Waals surface area contributed by atoms with Crippen LogP contribution in [-0.2, 0) is 0 Å². The Morgan fingerprint density at radius 2 is 1.63 bits per heavy atom. The summed E-state index contributed by atoms with van der Waals surface area (Å²) < 4.78 is 26.7. The van der Waals surface area contributed by atoms with E-state index >= 15 is 0 Å². The topological polar surface area (TPSA) is 17.1 Å². The van der Waals surface area contributed by atoms with Gasteiger partial charge in [0.25, 0.3) is 0 Å². The molecule has 2 saturated carbocycles. The van der Waals surface area contributed by atoms with Gasteiger partial charge in [0.05, 0.1) is 5.56 Å². The molecule has 1 nitrogen and oxygen atoms in total. The summed E-state index contributed by atoms with van der Waals surface area (Å²) in [5.41, 5.74) is 0.0743. The molecule has 19 heavy (non-hydrogen) atoms. The second-order valence-electron chi connectivity index (χ2n) is 5.90. The van der Waals surface area contributed by atoms with Crippen LogP contribution in [0.5, 0.6) is 0 Å². The van der Waals surface area contributed by atoms with Crippen molar-refractivity contribution in [3.8, 4) is 0 Å². The highest BCUT2D eigenvalue weighted by Crippen LogP contribution is 2.45. The minimum atomic E-state index is -0.714. The summed E-state index contributed by atoms with van der Waals surface area (Å²) in [6.45, 7) is 0. The van der Waals surface area contributed by atoms with E-state index in [0.29, 0.717) is 11.8 Å². The predicted octanol–water partition coefficient (Wildman–Crippen LogP) is 4.36. The van der Waals surface area contributed by atoms with Crippen LogP contribution in [0, 0.1) is 29.4 Å². The molecule has 3 heteroatoms. The summed E-state index contributed by atoms with van der Waals surface area (Å²) in [5, 5.41) is 0. The van der Waals surface area contributed by atoms with Crippen LogP contribution in [0.1, 0.15) is 48.9 Å². The highest BCUT2D eigenvalue weighted by Gasteiger charge is 2.41. The van der Waals surface area contributed by atoms with Crippen molar-refractivity contribution in [3.05, 3.63) is 35.4 Å². The lowest BCUT2D eigenvalue weighted by atomic mass is 9.62. The van der Waals surface area contributed by atoms with E-state index in [0.717, 1.165) is 31.7 Å². The molecule has 1 aromatic carbocycles. The van der Waals surface area contributed by atoms with Crippen LogP contribution in [0.15, 0.2) is 18.2 Å². The third-order valence-electron chi connectivity index (χ3n) is 4.81. The van der Waals surface area contributed by atoms with Crippen LogP contribution < -0.4 is 0 Å². The Morgan fingerprint density at radius 1 is 1.05 bits per heavy atom. The maximum absolute atomic E-state index is 13.8. The summed E-state index contributed by atoms with van der Waals surface area (Å²) in [6, 6.07) is 3.29.